The van der Waals surface area contributed by atoms with Gasteiger partial charge in [0.2, 0.25) is 0 Å². The van der Waals surface area contributed by atoms with E-state index in [2.05, 4.69) is 15.9 Å². The van der Waals surface area contributed by atoms with E-state index < -0.39 is 0 Å². The Bertz CT molecular complexity index is 340. The normalized spacial score (nSPS) is 9.77. The number of nitrogens with zero attached hydrogens (tertiary/aromatic N) is 1. The molecule has 0 spiro atoms. The third kappa shape index (κ3) is 2.35. The fourth-order valence-corrected chi connectivity index (χ4v) is 1.32. The Hall–Kier alpha value is -0.740. The summed E-state index contributed by atoms with van der Waals surface area (Å²) in [5, 5.41) is 7.86. The summed E-state index contributed by atoms with van der Waals surface area (Å²) in [5.41, 5.74) is 6.14. The number of anilines is 1. The van der Waals surface area contributed by atoms with E-state index in [0.717, 1.165) is 10.2 Å². The highest BCUT2D eigenvalue weighted by Gasteiger charge is 2.05. The smallest absolute Gasteiger partial charge is 0.192 e. The van der Waals surface area contributed by atoms with Crippen LogP contribution in [0, 0.1) is 5.41 Å². The lowest BCUT2D eigenvalue weighted by atomic mass is 10.3. The van der Waals surface area contributed by atoms with Gasteiger partial charge in [0.15, 0.2) is 5.96 Å². The molecule has 3 N–H and O–H groups in total. The van der Waals surface area contributed by atoms with Gasteiger partial charge in [-0.1, -0.05) is 11.6 Å². The van der Waals surface area contributed by atoms with E-state index >= 15 is 0 Å². The third-order valence-corrected chi connectivity index (χ3v) is 2.87. The molecule has 0 unspecified atom stereocenters. The zero-order valence-electron chi connectivity index (χ0n) is 7.01. The van der Waals surface area contributed by atoms with E-state index in [4.69, 9.17) is 22.7 Å². The van der Waals surface area contributed by atoms with Gasteiger partial charge in [0.05, 0.1) is 5.02 Å². The summed E-state index contributed by atoms with van der Waals surface area (Å²) in [6, 6.07) is 5.36. The zero-order chi connectivity index (χ0) is 10.0. The topological polar surface area (TPSA) is 53.1 Å². The van der Waals surface area contributed by atoms with Crippen LogP contribution in [0.4, 0.5) is 5.69 Å². The fourth-order valence-electron chi connectivity index (χ4n) is 0.833. The van der Waals surface area contributed by atoms with Crippen LogP contribution in [-0.2, 0) is 0 Å². The second-order valence-corrected chi connectivity index (χ2v) is 3.80. The lowest BCUT2D eigenvalue weighted by Crippen LogP contribution is -2.32. The van der Waals surface area contributed by atoms with Crippen molar-refractivity contribution in [2.75, 3.05) is 11.9 Å². The van der Waals surface area contributed by atoms with Crippen molar-refractivity contribution < 1.29 is 0 Å². The van der Waals surface area contributed by atoms with Gasteiger partial charge in [-0.25, -0.2) is 0 Å². The molecule has 0 fully saturated rings. The largest absolute Gasteiger partial charge is 0.370 e. The number of hydrogen-bond donors (Lipinski definition) is 2. The molecule has 0 saturated heterocycles. The van der Waals surface area contributed by atoms with Gasteiger partial charge in [-0.15, -0.1) is 0 Å². The molecule has 0 bridgehead atoms. The summed E-state index contributed by atoms with van der Waals surface area (Å²) in [4.78, 5) is 1.56. The van der Waals surface area contributed by atoms with E-state index in [1.165, 1.54) is 0 Å². The Labute approximate surface area is 90.1 Å². The second-order valence-electron chi connectivity index (χ2n) is 2.54. The van der Waals surface area contributed by atoms with Crippen LogP contribution in [0.15, 0.2) is 22.7 Å². The van der Waals surface area contributed by atoms with Gasteiger partial charge in [-0.3, -0.25) is 5.41 Å². The van der Waals surface area contributed by atoms with Gasteiger partial charge in [-0.2, -0.15) is 0 Å². The van der Waals surface area contributed by atoms with Crippen LogP contribution >= 0.6 is 27.5 Å². The maximum absolute atomic E-state index is 7.22. The molecule has 0 radical (unpaired) electrons. The molecule has 0 aliphatic carbocycles. The molecule has 0 atom stereocenters. The number of nitrogens with one attached hydrogen (secondary N) is 1. The molecule has 3 nitrogen and oxygen atoms in total. The summed E-state index contributed by atoms with van der Waals surface area (Å²) in [6.45, 7) is 0. The van der Waals surface area contributed by atoms with Crippen LogP contribution < -0.4 is 10.6 Å². The highest BCUT2D eigenvalue weighted by molar-refractivity contribution is 9.10. The summed E-state index contributed by atoms with van der Waals surface area (Å²) in [7, 11) is 1.72. The van der Waals surface area contributed by atoms with Gasteiger partial charge in [-0.05, 0) is 34.1 Å². The first-order valence-electron chi connectivity index (χ1n) is 3.55. The average molecular weight is 263 g/mol. The zero-order valence-corrected chi connectivity index (χ0v) is 9.35. The number of nitrogens with two attached hydrogens (primary N) is 1. The van der Waals surface area contributed by atoms with Crippen molar-refractivity contribution in [1.29, 1.82) is 5.41 Å². The Morgan fingerprint density at radius 3 is 2.69 bits per heavy atom. The minimum atomic E-state index is -0.00535. The lowest BCUT2D eigenvalue weighted by Gasteiger charge is -2.16. The standard InChI is InChI=1S/C8H9BrClN3/c1-13(8(11)12)5-2-3-7(10)6(9)4-5/h2-4H,1H3,(H3,11,12). The van der Waals surface area contributed by atoms with Crippen molar-refractivity contribution in [3.63, 3.8) is 0 Å². The second kappa shape index (κ2) is 3.98. The maximum Gasteiger partial charge on any atom is 0.192 e. The van der Waals surface area contributed by atoms with Gasteiger partial charge < -0.3 is 10.6 Å². The monoisotopic (exact) mass is 261 g/mol. The molecule has 1 aromatic rings. The van der Waals surface area contributed by atoms with Gasteiger partial charge in [0, 0.05) is 17.2 Å². The third-order valence-electron chi connectivity index (χ3n) is 1.65. The predicted octanol–water partition coefficient (Wildman–Crippen LogP) is 2.43. The molecule has 5 heteroatoms. The van der Waals surface area contributed by atoms with E-state index in [0.29, 0.717) is 5.02 Å². The molecule has 0 aliphatic rings. The Morgan fingerprint density at radius 1 is 1.62 bits per heavy atom. The van der Waals surface area contributed by atoms with Crippen LogP contribution in [0.25, 0.3) is 0 Å². The molecule has 0 aromatic heterocycles. The SMILES string of the molecule is CN(C(=N)N)c1ccc(Cl)c(Br)c1. The van der Waals surface area contributed by atoms with Gasteiger partial charge in [0.1, 0.15) is 0 Å². The van der Waals surface area contributed by atoms with E-state index in [9.17, 15) is 0 Å². The first-order valence-corrected chi connectivity index (χ1v) is 4.72. The first-order chi connectivity index (χ1) is 6.02. The molecule has 1 rings (SSSR count). The van der Waals surface area contributed by atoms with Crippen LogP contribution in [-0.4, -0.2) is 13.0 Å². The summed E-state index contributed by atoms with van der Waals surface area (Å²) < 4.78 is 0.791. The number of halogens is 2. The predicted molar refractivity (Wildman–Crippen MR) is 59.5 cm³/mol. The molecule has 70 valence electrons. The minimum absolute atomic E-state index is 0.00535. The van der Waals surface area contributed by atoms with Gasteiger partial charge >= 0.3 is 0 Å². The molecule has 0 amide bonds. The number of rotatable bonds is 1. The Morgan fingerprint density at radius 2 is 2.23 bits per heavy atom. The molecule has 13 heavy (non-hydrogen) atoms. The van der Waals surface area contributed by atoms with Crippen LogP contribution in [0.3, 0.4) is 0 Å². The molecule has 0 heterocycles. The van der Waals surface area contributed by atoms with Crippen LogP contribution in [0.2, 0.25) is 5.02 Å². The summed E-state index contributed by atoms with van der Waals surface area (Å²) in [5.74, 6) is -0.00535. The average Bonchev–Trinajstić information content (AvgIpc) is 2.08. The summed E-state index contributed by atoms with van der Waals surface area (Å²) in [6.07, 6.45) is 0. The van der Waals surface area contributed by atoms with E-state index in [-0.39, 0.29) is 5.96 Å². The molecular formula is C8H9BrClN3. The van der Waals surface area contributed by atoms with Crippen molar-refractivity contribution in [3.8, 4) is 0 Å². The van der Waals surface area contributed by atoms with Crippen LogP contribution in [0.5, 0.6) is 0 Å². The molecule has 0 aliphatic heterocycles. The highest BCUT2D eigenvalue weighted by Crippen LogP contribution is 2.26. The van der Waals surface area contributed by atoms with E-state index in [1.807, 2.05) is 6.07 Å². The van der Waals surface area contributed by atoms with Crippen molar-refractivity contribution in [1.82, 2.24) is 0 Å². The van der Waals surface area contributed by atoms with Crippen molar-refractivity contribution in [2.45, 2.75) is 0 Å². The molecular weight excluding hydrogens is 253 g/mol. The minimum Gasteiger partial charge on any atom is -0.370 e. The summed E-state index contributed by atoms with van der Waals surface area (Å²) >= 11 is 9.11. The van der Waals surface area contributed by atoms with Crippen molar-refractivity contribution >= 4 is 39.2 Å². The molecule has 0 saturated carbocycles. The lowest BCUT2D eigenvalue weighted by molar-refractivity contribution is 1.19. The van der Waals surface area contributed by atoms with E-state index in [1.54, 1.807) is 24.1 Å². The van der Waals surface area contributed by atoms with Gasteiger partial charge in [0.25, 0.3) is 0 Å². The fraction of sp³-hybridized carbons (Fsp3) is 0.125. The number of guanidine groups is 1. The number of hydrogen-bond acceptors (Lipinski definition) is 1. The Balaban J connectivity index is 3.03. The maximum atomic E-state index is 7.22. The van der Waals surface area contributed by atoms with Crippen molar-refractivity contribution in [3.05, 3.63) is 27.7 Å². The Kier molecular flexibility index (Phi) is 3.17. The molecule has 1 aromatic carbocycles. The highest BCUT2D eigenvalue weighted by atomic mass is 79.9. The first kappa shape index (κ1) is 10.3. The quantitative estimate of drug-likeness (QED) is 0.603. The van der Waals surface area contributed by atoms with Crippen molar-refractivity contribution in [2.24, 2.45) is 5.73 Å². The number of benzene rings is 1. The van der Waals surface area contributed by atoms with Crippen LogP contribution in [0.1, 0.15) is 0 Å².